The third kappa shape index (κ3) is 2.88. The monoisotopic (exact) mass is 306 g/mol. The fourth-order valence-electron chi connectivity index (χ4n) is 2.48. The summed E-state index contributed by atoms with van der Waals surface area (Å²) in [6.07, 6.45) is 1.65. The van der Waals surface area contributed by atoms with Gasteiger partial charge in [0.2, 0.25) is 0 Å². The fourth-order valence-corrected chi connectivity index (χ4v) is 2.48. The Balaban J connectivity index is 1.94. The second-order valence-corrected chi connectivity index (χ2v) is 6.76. The van der Waals surface area contributed by atoms with E-state index in [1.807, 2.05) is 52.0 Å². The standard InChI is InChI=1S/C18H19BN2O2/c1-17(2)18(3,4)23-19(22-17)15-7-5-6-14(11-15)16-10-13(12-20)8-9-21-16/h5-11H,1-4H3. The smallest absolute Gasteiger partial charge is 0.399 e. The first-order valence-corrected chi connectivity index (χ1v) is 7.64. The molecular weight excluding hydrogens is 287 g/mol. The number of benzene rings is 1. The van der Waals surface area contributed by atoms with Crippen molar-refractivity contribution in [1.82, 2.24) is 4.98 Å². The van der Waals surface area contributed by atoms with Crippen LogP contribution in [0.15, 0.2) is 42.6 Å². The zero-order valence-corrected chi connectivity index (χ0v) is 13.8. The molecule has 0 spiro atoms. The van der Waals surface area contributed by atoms with Crippen LogP contribution in [-0.4, -0.2) is 23.3 Å². The molecule has 4 nitrogen and oxygen atoms in total. The lowest BCUT2D eigenvalue weighted by Gasteiger charge is -2.32. The van der Waals surface area contributed by atoms with E-state index in [4.69, 9.17) is 14.6 Å². The molecule has 0 radical (unpaired) electrons. The Kier molecular flexibility index (Phi) is 3.75. The van der Waals surface area contributed by atoms with E-state index in [-0.39, 0.29) is 11.2 Å². The van der Waals surface area contributed by atoms with Crippen LogP contribution in [0.3, 0.4) is 0 Å². The molecule has 23 heavy (non-hydrogen) atoms. The molecule has 5 heteroatoms. The van der Waals surface area contributed by atoms with E-state index in [2.05, 4.69) is 11.1 Å². The average molecular weight is 306 g/mol. The van der Waals surface area contributed by atoms with Crippen LogP contribution in [-0.2, 0) is 9.31 Å². The van der Waals surface area contributed by atoms with Crippen molar-refractivity contribution in [2.45, 2.75) is 38.9 Å². The van der Waals surface area contributed by atoms with Gasteiger partial charge in [-0.3, -0.25) is 4.98 Å². The van der Waals surface area contributed by atoms with Crippen molar-refractivity contribution in [2.24, 2.45) is 0 Å². The molecule has 1 aromatic carbocycles. The van der Waals surface area contributed by atoms with Gasteiger partial charge in [-0.15, -0.1) is 0 Å². The molecule has 0 bridgehead atoms. The summed E-state index contributed by atoms with van der Waals surface area (Å²) in [6.45, 7) is 8.15. The Hall–Kier alpha value is -2.16. The molecule has 1 aromatic heterocycles. The van der Waals surface area contributed by atoms with Crippen molar-refractivity contribution < 1.29 is 9.31 Å². The van der Waals surface area contributed by atoms with E-state index in [0.717, 1.165) is 16.7 Å². The molecule has 2 aromatic rings. The van der Waals surface area contributed by atoms with Crippen molar-refractivity contribution in [3.63, 3.8) is 0 Å². The first kappa shape index (κ1) is 15.7. The number of nitriles is 1. The van der Waals surface area contributed by atoms with Gasteiger partial charge in [0.05, 0.1) is 28.5 Å². The summed E-state index contributed by atoms with van der Waals surface area (Å²) in [6, 6.07) is 13.5. The molecule has 1 aliphatic rings. The number of hydrogen-bond acceptors (Lipinski definition) is 4. The molecular formula is C18H19BN2O2. The summed E-state index contributed by atoms with van der Waals surface area (Å²) >= 11 is 0. The lowest BCUT2D eigenvalue weighted by molar-refractivity contribution is 0.00578. The highest BCUT2D eigenvalue weighted by molar-refractivity contribution is 6.62. The van der Waals surface area contributed by atoms with Crippen molar-refractivity contribution in [1.29, 1.82) is 5.26 Å². The molecule has 1 aliphatic heterocycles. The highest BCUT2D eigenvalue weighted by Gasteiger charge is 2.51. The summed E-state index contributed by atoms with van der Waals surface area (Å²) in [7, 11) is -0.404. The first-order valence-electron chi connectivity index (χ1n) is 7.64. The third-order valence-electron chi connectivity index (χ3n) is 4.60. The molecule has 3 rings (SSSR count). The van der Waals surface area contributed by atoms with Gasteiger partial charge in [0, 0.05) is 6.20 Å². The maximum absolute atomic E-state index is 9.03. The summed E-state index contributed by atoms with van der Waals surface area (Å²) in [5.74, 6) is 0. The molecule has 116 valence electrons. The minimum atomic E-state index is -0.404. The first-order chi connectivity index (χ1) is 10.8. The van der Waals surface area contributed by atoms with Gasteiger partial charge in [0.1, 0.15) is 0 Å². The molecule has 0 aliphatic carbocycles. The van der Waals surface area contributed by atoms with Gasteiger partial charge < -0.3 is 9.31 Å². The van der Waals surface area contributed by atoms with Crippen LogP contribution >= 0.6 is 0 Å². The van der Waals surface area contributed by atoms with Crippen molar-refractivity contribution in [3.05, 3.63) is 48.2 Å². The molecule has 0 atom stereocenters. The van der Waals surface area contributed by atoms with Crippen LogP contribution in [0.1, 0.15) is 33.3 Å². The molecule has 1 fully saturated rings. The van der Waals surface area contributed by atoms with Gasteiger partial charge in [-0.25, -0.2) is 0 Å². The van der Waals surface area contributed by atoms with Crippen LogP contribution in [0.2, 0.25) is 0 Å². The third-order valence-corrected chi connectivity index (χ3v) is 4.60. The molecule has 0 saturated carbocycles. The number of hydrogen-bond donors (Lipinski definition) is 0. The zero-order valence-electron chi connectivity index (χ0n) is 13.8. The molecule has 1 saturated heterocycles. The van der Waals surface area contributed by atoms with E-state index in [0.29, 0.717) is 5.56 Å². The van der Waals surface area contributed by atoms with Gasteiger partial charge >= 0.3 is 7.12 Å². The van der Waals surface area contributed by atoms with Gasteiger partial charge in [-0.1, -0.05) is 24.3 Å². The van der Waals surface area contributed by atoms with Crippen LogP contribution < -0.4 is 5.46 Å². The van der Waals surface area contributed by atoms with Crippen molar-refractivity contribution in [3.8, 4) is 17.3 Å². The maximum Gasteiger partial charge on any atom is 0.494 e. The van der Waals surface area contributed by atoms with Crippen LogP contribution in [0.4, 0.5) is 0 Å². The maximum atomic E-state index is 9.03. The van der Waals surface area contributed by atoms with E-state index < -0.39 is 7.12 Å². The normalized spacial score (nSPS) is 18.7. The van der Waals surface area contributed by atoms with E-state index in [9.17, 15) is 0 Å². The Morgan fingerprint density at radius 2 is 1.74 bits per heavy atom. The Bertz CT molecular complexity index is 765. The summed E-state index contributed by atoms with van der Waals surface area (Å²) in [5.41, 5.74) is 2.51. The number of pyridine rings is 1. The fraction of sp³-hybridized carbons (Fsp3) is 0.333. The molecule has 0 N–H and O–H groups in total. The van der Waals surface area contributed by atoms with Gasteiger partial charge in [-0.05, 0) is 50.9 Å². The van der Waals surface area contributed by atoms with Crippen molar-refractivity contribution in [2.75, 3.05) is 0 Å². The average Bonchev–Trinajstić information content (AvgIpc) is 2.76. The summed E-state index contributed by atoms with van der Waals surface area (Å²) in [4.78, 5) is 4.35. The number of aromatic nitrogens is 1. The topological polar surface area (TPSA) is 55.1 Å². The predicted octanol–water partition coefficient (Wildman–Crippen LogP) is 2.92. The van der Waals surface area contributed by atoms with E-state index >= 15 is 0 Å². The van der Waals surface area contributed by atoms with Gasteiger partial charge in [-0.2, -0.15) is 5.26 Å². The van der Waals surface area contributed by atoms with Gasteiger partial charge in [0.15, 0.2) is 0 Å². The zero-order chi connectivity index (χ0) is 16.7. The summed E-state index contributed by atoms with van der Waals surface area (Å²) < 4.78 is 12.2. The van der Waals surface area contributed by atoms with Crippen LogP contribution in [0.25, 0.3) is 11.3 Å². The minimum absolute atomic E-state index is 0.368. The van der Waals surface area contributed by atoms with E-state index in [1.54, 1.807) is 18.3 Å². The molecule has 0 unspecified atom stereocenters. The lowest BCUT2D eigenvalue weighted by atomic mass is 9.78. The molecule has 2 heterocycles. The predicted molar refractivity (Wildman–Crippen MR) is 90.1 cm³/mol. The SMILES string of the molecule is CC1(C)OB(c2cccc(-c3cc(C#N)ccn3)c2)OC1(C)C. The highest BCUT2D eigenvalue weighted by atomic mass is 16.7. The Morgan fingerprint density at radius 3 is 2.39 bits per heavy atom. The van der Waals surface area contributed by atoms with Crippen molar-refractivity contribution >= 4 is 12.6 Å². The largest absolute Gasteiger partial charge is 0.494 e. The number of rotatable bonds is 2. The second kappa shape index (κ2) is 5.49. The Labute approximate surface area is 137 Å². The van der Waals surface area contributed by atoms with Crippen LogP contribution in [0.5, 0.6) is 0 Å². The molecule has 0 amide bonds. The van der Waals surface area contributed by atoms with Gasteiger partial charge in [0.25, 0.3) is 0 Å². The lowest BCUT2D eigenvalue weighted by Crippen LogP contribution is -2.41. The minimum Gasteiger partial charge on any atom is -0.399 e. The van der Waals surface area contributed by atoms with E-state index in [1.165, 1.54) is 0 Å². The van der Waals surface area contributed by atoms with Crippen LogP contribution in [0, 0.1) is 11.3 Å². The second-order valence-electron chi connectivity index (χ2n) is 6.76. The number of nitrogens with zero attached hydrogens (tertiary/aromatic N) is 2. The summed E-state index contributed by atoms with van der Waals surface area (Å²) in [5, 5.41) is 9.03. The highest BCUT2D eigenvalue weighted by Crippen LogP contribution is 2.36. The Morgan fingerprint density at radius 1 is 1.04 bits per heavy atom. The quantitative estimate of drug-likeness (QED) is 0.801.